The molecule has 0 atom stereocenters. The summed E-state index contributed by atoms with van der Waals surface area (Å²) in [7, 11) is 1.70. The number of rotatable bonds is 12. The molecule has 0 radical (unpaired) electrons. The van der Waals surface area contributed by atoms with Crippen molar-refractivity contribution in [3.63, 3.8) is 0 Å². The molecule has 4 aromatic rings. The Hall–Kier alpha value is -4.00. The Bertz CT molecular complexity index is 1240. The van der Waals surface area contributed by atoms with Crippen LogP contribution in [0.25, 0.3) is 0 Å². The van der Waals surface area contributed by atoms with Gasteiger partial charge in [-0.25, -0.2) is 4.98 Å². The molecular weight excluding hydrogens is 464 g/mol. The van der Waals surface area contributed by atoms with E-state index in [1.807, 2.05) is 47.4 Å². The number of anilines is 2. The number of hydrogen-bond donors (Lipinski definition) is 0. The number of nitrogens with zero attached hydrogens (tertiary/aromatic N) is 4. The van der Waals surface area contributed by atoms with E-state index in [0.717, 1.165) is 61.0 Å². The van der Waals surface area contributed by atoms with Crippen molar-refractivity contribution in [3.05, 3.63) is 91.3 Å². The van der Waals surface area contributed by atoms with Crippen LogP contribution in [0.1, 0.15) is 31.2 Å². The summed E-state index contributed by atoms with van der Waals surface area (Å²) in [6.45, 7) is 2.09. The lowest BCUT2D eigenvalue weighted by atomic mass is 10.1. The van der Waals surface area contributed by atoms with Gasteiger partial charge in [-0.15, -0.1) is 0 Å². The highest BCUT2D eigenvalue weighted by Gasteiger charge is 2.20. The second-order valence-electron chi connectivity index (χ2n) is 9.27. The smallest absolute Gasteiger partial charge is 0.163 e. The van der Waals surface area contributed by atoms with Crippen molar-refractivity contribution in [3.8, 4) is 17.2 Å². The lowest BCUT2D eigenvalue weighted by molar-refractivity contribution is 0.201. The van der Waals surface area contributed by atoms with Gasteiger partial charge in [-0.3, -0.25) is 4.98 Å². The molecule has 5 rings (SSSR count). The van der Waals surface area contributed by atoms with Crippen molar-refractivity contribution in [2.45, 2.75) is 44.8 Å². The number of hydrogen-bond acceptors (Lipinski definition) is 6. The molecule has 0 saturated heterocycles. The van der Waals surface area contributed by atoms with Crippen molar-refractivity contribution in [1.29, 1.82) is 0 Å². The topological polar surface area (TPSA) is 61.6 Å². The van der Waals surface area contributed by atoms with E-state index < -0.39 is 0 Å². The molecule has 1 fully saturated rings. The minimum absolute atomic E-state index is 0.250. The molecule has 0 N–H and O–H groups in total. The second-order valence-corrected chi connectivity index (χ2v) is 9.27. The molecule has 192 valence electrons. The first-order valence-corrected chi connectivity index (χ1v) is 13.0. The first-order chi connectivity index (χ1) is 18.3. The van der Waals surface area contributed by atoms with Crippen molar-refractivity contribution in [1.82, 2.24) is 14.5 Å². The summed E-state index contributed by atoms with van der Waals surface area (Å²) in [5.74, 6) is 2.39. The Morgan fingerprint density at radius 3 is 2.62 bits per heavy atom. The Morgan fingerprint density at radius 1 is 0.946 bits per heavy atom. The average Bonchev–Trinajstić information content (AvgIpc) is 3.65. The monoisotopic (exact) mass is 498 g/mol. The second kappa shape index (κ2) is 12.3. The highest BCUT2D eigenvalue weighted by atomic mass is 16.5. The maximum Gasteiger partial charge on any atom is 0.163 e. The zero-order chi connectivity index (χ0) is 25.3. The van der Waals surface area contributed by atoms with Gasteiger partial charge in [0, 0.05) is 54.8 Å². The number of imidazole rings is 1. The molecule has 7 nitrogen and oxygen atoms in total. The van der Waals surface area contributed by atoms with E-state index in [-0.39, 0.29) is 6.10 Å². The third-order valence-corrected chi connectivity index (χ3v) is 6.71. The molecule has 2 aromatic carbocycles. The van der Waals surface area contributed by atoms with Gasteiger partial charge >= 0.3 is 0 Å². The fourth-order valence-electron chi connectivity index (χ4n) is 4.73. The summed E-state index contributed by atoms with van der Waals surface area (Å²) in [6.07, 6.45) is 15.0. The van der Waals surface area contributed by atoms with Crippen LogP contribution >= 0.6 is 0 Å². The van der Waals surface area contributed by atoms with E-state index in [4.69, 9.17) is 14.2 Å². The van der Waals surface area contributed by atoms with Crippen LogP contribution in [0, 0.1) is 0 Å². The number of methoxy groups -OCH3 is 1. The van der Waals surface area contributed by atoms with Gasteiger partial charge in [-0.05, 0) is 68.0 Å². The van der Waals surface area contributed by atoms with Crippen LogP contribution in [0.4, 0.5) is 11.4 Å². The number of benzene rings is 2. The lowest BCUT2D eigenvalue weighted by Gasteiger charge is -2.27. The van der Waals surface area contributed by atoms with E-state index in [1.165, 1.54) is 18.4 Å². The van der Waals surface area contributed by atoms with Gasteiger partial charge in [0.1, 0.15) is 12.4 Å². The predicted octanol–water partition coefficient (Wildman–Crippen LogP) is 6.07. The quantitative estimate of drug-likeness (QED) is 0.236. The van der Waals surface area contributed by atoms with Crippen LogP contribution in [-0.4, -0.2) is 40.9 Å². The fraction of sp³-hybridized carbons (Fsp3) is 0.333. The van der Waals surface area contributed by atoms with Crippen molar-refractivity contribution >= 4 is 11.4 Å². The zero-order valence-corrected chi connectivity index (χ0v) is 21.3. The maximum atomic E-state index is 6.41. The Labute approximate surface area is 218 Å². The highest BCUT2D eigenvalue weighted by molar-refractivity contribution is 5.67. The summed E-state index contributed by atoms with van der Waals surface area (Å²) >= 11 is 0. The first-order valence-electron chi connectivity index (χ1n) is 13.0. The molecule has 0 unspecified atom stereocenters. The van der Waals surface area contributed by atoms with Crippen molar-refractivity contribution in [2.24, 2.45) is 0 Å². The molecule has 0 spiro atoms. The zero-order valence-electron chi connectivity index (χ0n) is 21.3. The van der Waals surface area contributed by atoms with Crippen molar-refractivity contribution in [2.75, 3.05) is 25.2 Å². The van der Waals surface area contributed by atoms with E-state index in [0.29, 0.717) is 6.61 Å². The minimum Gasteiger partial charge on any atom is -0.493 e. The fourth-order valence-corrected chi connectivity index (χ4v) is 4.73. The molecule has 2 aromatic heterocycles. The van der Waals surface area contributed by atoms with E-state index in [1.54, 1.807) is 19.6 Å². The van der Waals surface area contributed by atoms with Crippen LogP contribution < -0.4 is 19.1 Å². The molecule has 1 aliphatic carbocycles. The largest absolute Gasteiger partial charge is 0.493 e. The van der Waals surface area contributed by atoms with Crippen LogP contribution in [0.5, 0.6) is 17.2 Å². The molecular formula is C30H34N4O3. The summed E-state index contributed by atoms with van der Waals surface area (Å²) in [6, 6.07) is 18.6. The van der Waals surface area contributed by atoms with Gasteiger partial charge in [0.2, 0.25) is 0 Å². The summed E-state index contributed by atoms with van der Waals surface area (Å²) < 4.78 is 20.1. The number of pyridine rings is 1. The van der Waals surface area contributed by atoms with Crippen LogP contribution in [0.15, 0.2) is 85.7 Å². The standard InChI is InChI=1S/C30H34N4O3/c1-35-29-12-11-26(21-30(29)37-27-8-2-3-9-27)34(16-13-24-6-5-14-31-22-24)25-7-4-10-28(20-25)36-19-18-33-17-15-32-23-33/h4-7,10-12,14-15,17,20-23,27H,2-3,8-9,13,16,18-19H2,1H3. The van der Waals surface area contributed by atoms with E-state index in [9.17, 15) is 0 Å². The molecule has 1 aliphatic rings. The van der Waals surface area contributed by atoms with Gasteiger partial charge in [-0.1, -0.05) is 12.1 Å². The molecule has 0 aliphatic heterocycles. The van der Waals surface area contributed by atoms with E-state index in [2.05, 4.69) is 45.2 Å². The average molecular weight is 499 g/mol. The number of ether oxygens (including phenoxy) is 3. The predicted molar refractivity (Wildman–Crippen MR) is 145 cm³/mol. The molecule has 0 bridgehead atoms. The van der Waals surface area contributed by atoms with Gasteiger partial charge in [0.25, 0.3) is 0 Å². The third-order valence-electron chi connectivity index (χ3n) is 6.71. The first kappa shape index (κ1) is 24.7. The Balaban J connectivity index is 1.39. The summed E-state index contributed by atoms with van der Waals surface area (Å²) in [4.78, 5) is 10.7. The number of aromatic nitrogens is 3. The van der Waals surface area contributed by atoms with E-state index >= 15 is 0 Å². The van der Waals surface area contributed by atoms with Gasteiger partial charge in [0.05, 0.1) is 26.1 Å². The molecule has 37 heavy (non-hydrogen) atoms. The Morgan fingerprint density at radius 2 is 1.84 bits per heavy atom. The minimum atomic E-state index is 0.250. The van der Waals surface area contributed by atoms with Crippen LogP contribution in [0.3, 0.4) is 0 Å². The molecule has 1 saturated carbocycles. The third kappa shape index (κ3) is 6.61. The maximum absolute atomic E-state index is 6.41. The van der Waals surface area contributed by atoms with Gasteiger partial charge in [-0.2, -0.15) is 0 Å². The summed E-state index contributed by atoms with van der Waals surface area (Å²) in [5.41, 5.74) is 3.30. The summed E-state index contributed by atoms with van der Waals surface area (Å²) in [5, 5.41) is 0. The Kier molecular flexibility index (Phi) is 8.21. The highest BCUT2D eigenvalue weighted by Crippen LogP contribution is 2.37. The van der Waals surface area contributed by atoms with Crippen molar-refractivity contribution < 1.29 is 14.2 Å². The lowest BCUT2D eigenvalue weighted by Crippen LogP contribution is -2.21. The molecule has 0 amide bonds. The molecule has 2 heterocycles. The van der Waals surface area contributed by atoms with Gasteiger partial charge < -0.3 is 23.7 Å². The molecule has 7 heteroatoms. The van der Waals surface area contributed by atoms with Crippen LogP contribution in [0.2, 0.25) is 0 Å². The van der Waals surface area contributed by atoms with Crippen LogP contribution in [-0.2, 0) is 13.0 Å². The SMILES string of the molecule is COc1ccc(N(CCc2cccnc2)c2cccc(OCCn3ccnc3)c2)cc1OC1CCCC1. The van der Waals surface area contributed by atoms with Gasteiger partial charge in [0.15, 0.2) is 11.5 Å². The normalized spacial score (nSPS) is 13.4.